The third kappa shape index (κ3) is 6.66. The number of nitrogens with zero attached hydrogens (tertiary/aromatic N) is 3. The highest BCUT2D eigenvalue weighted by molar-refractivity contribution is 5.81. The Balaban J connectivity index is 1.15. The highest BCUT2D eigenvalue weighted by Gasteiger charge is 2.41. The number of hydrogen-bond donors (Lipinski definition) is 0. The van der Waals surface area contributed by atoms with Crippen LogP contribution in [0.25, 0.3) is 0 Å². The molecule has 2 aliphatic carbocycles. The lowest BCUT2D eigenvalue weighted by atomic mass is 9.65. The highest BCUT2D eigenvalue weighted by atomic mass is 16.2. The van der Waals surface area contributed by atoms with E-state index in [4.69, 9.17) is 0 Å². The largest absolute Gasteiger partial charge is 0.342 e. The van der Waals surface area contributed by atoms with E-state index >= 15 is 0 Å². The van der Waals surface area contributed by atoms with Crippen molar-refractivity contribution in [3.8, 4) is 0 Å². The van der Waals surface area contributed by atoms with Crippen LogP contribution < -0.4 is 0 Å². The van der Waals surface area contributed by atoms with Gasteiger partial charge in [-0.2, -0.15) is 0 Å². The van der Waals surface area contributed by atoms with Crippen LogP contribution in [0.5, 0.6) is 0 Å². The lowest BCUT2D eigenvalue weighted by Gasteiger charge is -2.47. The van der Waals surface area contributed by atoms with Crippen LogP contribution in [0.3, 0.4) is 0 Å². The molecule has 206 valence electrons. The average Bonchev–Trinajstić information content (AvgIpc) is 2.85. The summed E-state index contributed by atoms with van der Waals surface area (Å²) in [5.41, 5.74) is 0.603. The van der Waals surface area contributed by atoms with Gasteiger partial charge in [-0.25, -0.2) is 0 Å². The molecular formula is C31H55N3O2. The zero-order valence-corrected chi connectivity index (χ0v) is 24.4. The summed E-state index contributed by atoms with van der Waals surface area (Å²) in [6.07, 6.45) is 12.4. The molecule has 2 heterocycles. The summed E-state index contributed by atoms with van der Waals surface area (Å²) < 4.78 is 0. The lowest BCUT2D eigenvalue weighted by Crippen LogP contribution is -2.52. The van der Waals surface area contributed by atoms with Gasteiger partial charge in [-0.3, -0.25) is 14.5 Å². The zero-order chi connectivity index (χ0) is 26.1. The molecule has 4 fully saturated rings. The molecule has 0 aromatic carbocycles. The Morgan fingerprint density at radius 2 is 1.25 bits per heavy atom. The number of piperazine rings is 1. The maximum atomic E-state index is 13.2. The number of carbonyl (C=O) groups excluding carboxylic acids is 2. The number of amides is 2. The van der Waals surface area contributed by atoms with Gasteiger partial charge in [0, 0.05) is 57.1 Å². The quantitative estimate of drug-likeness (QED) is 0.489. The van der Waals surface area contributed by atoms with Crippen molar-refractivity contribution in [2.24, 2.45) is 34.0 Å². The molecule has 0 N–H and O–H groups in total. The van der Waals surface area contributed by atoms with E-state index in [1.54, 1.807) is 0 Å². The molecule has 2 aliphatic heterocycles. The molecule has 0 aromatic heterocycles. The van der Waals surface area contributed by atoms with Crippen LogP contribution in [0.1, 0.15) is 106 Å². The molecule has 4 rings (SSSR count). The molecule has 0 radical (unpaired) electrons. The molecule has 0 unspecified atom stereocenters. The number of rotatable bonds is 3. The summed E-state index contributed by atoms with van der Waals surface area (Å²) in [7, 11) is 0. The van der Waals surface area contributed by atoms with E-state index in [9.17, 15) is 9.59 Å². The Kier molecular flexibility index (Phi) is 8.49. The van der Waals surface area contributed by atoms with Gasteiger partial charge in [0.15, 0.2) is 0 Å². The highest BCUT2D eigenvalue weighted by Crippen LogP contribution is 2.47. The second-order valence-corrected chi connectivity index (χ2v) is 15.0. The second-order valence-electron chi connectivity index (χ2n) is 15.0. The third-order valence-electron chi connectivity index (χ3n) is 10.4. The maximum absolute atomic E-state index is 13.2. The number of likely N-dealkylation sites (tertiary alicyclic amines) is 1. The molecule has 2 saturated heterocycles. The first-order valence-corrected chi connectivity index (χ1v) is 15.2. The van der Waals surface area contributed by atoms with Crippen LogP contribution in [0.2, 0.25) is 0 Å². The third-order valence-corrected chi connectivity index (χ3v) is 10.4. The van der Waals surface area contributed by atoms with Crippen LogP contribution >= 0.6 is 0 Å². The molecule has 36 heavy (non-hydrogen) atoms. The van der Waals surface area contributed by atoms with E-state index in [1.165, 1.54) is 57.9 Å². The first-order valence-electron chi connectivity index (χ1n) is 15.2. The number of carbonyl (C=O) groups is 2. The summed E-state index contributed by atoms with van der Waals surface area (Å²) in [5, 5.41) is 0. The monoisotopic (exact) mass is 501 g/mol. The van der Waals surface area contributed by atoms with E-state index in [0.717, 1.165) is 63.9 Å². The first kappa shape index (κ1) is 27.9. The molecule has 0 aromatic rings. The van der Waals surface area contributed by atoms with Gasteiger partial charge >= 0.3 is 0 Å². The minimum Gasteiger partial charge on any atom is -0.342 e. The average molecular weight is 502 g/mol. The van der Waals surface area contributed by atoms with Crippen molar-refractivity contribution in [1.82, 2.24) is 14.7 Å². The summed E-state index contributed by atoms with van der Waals surface area (Å²) in [6, 6.07) is 0. The minimum absolute atomic E-state index is 0.261. The van der Waals surface area contributed by atoms with E-state index < -0.39 is 0 Å². The fourth-order valence-corrected chi connectivity index (χ4v) is 7.61. The van der Waals surface area contributed by atoms with Crippen molar-refractivity contribution in [3.05, 3.63) is 0 Å². The van der Waals surface area contributed by atoms with E-state index in [2.05, 4.69) is 35.5 Å². The molecule has 0 bridgehead atoms. The Hall–Kier alpha value is -1.10. The predicted molar refractivity (Wildman–Crippen MR) is 148 cm³/mol. The fraction of sp³-hybridized carbons (Fsp3) is 0.935. The molecular weight excluding hydrogens is 446 g/mol. The number of piperidine rings is 1. The number of hydrogen-bond acceptors (Lipinski definition) is 3. The van der Waals surface area contributed by atoms with Crippen molar-refractivity contribution < 1.29 is 9.59 Å². The fourth-order valence-electron chi connectivity index (χ4n) is 7.61. The summed E-state index contributed by atoms with van der Waals surface area (Å²) in [6.45, 7) is 20.2. The first-order chi connectivity index (χ1) is 16.9. The van der Waals surface area contributed by atoms with Crippen LogP contribution in [-0.2, 0) is 9.59 Å². The Labute approximate surface area is 221 Å². The summed E-state index contributed by atoms with van der Waals surface area (Å²) >= 11 is 0. The van der Waals surface area contributed by atoms with Crippen LogP contribution in [0.4, 0.5) is 0 Å². The lowest BCUT2D eigenvalue weighted by molar-refractivity contribution is -0.142. The van der Waals surface area contributed by atoms with Gasteiger partial charge in [-0.15, -0.1) is 0 Å². The molecule has 2 saturated carbocycles. The molecule has 1 spiro atoms. The van der Waals surface area contributed by atoms with Crippen LogP contribution in [0, 0.1) is 34.0 Å². The minimum atomic E-state index is -0.261. The zero-order valence-electron chi connectivity index (χ0n) is 24.4. The van der Waals surface area contributed by atoms with Crippen molar-refractivity contribution in [2.75, 3.05) is 45.8 Å². The topological polar surface area (TPSA) is 43.9 Å². The van der Waals surface area contributed by atoms with Crippen molar-refractivity contribution in [3.63, 3.8) is 0 Å². The predicted octanol–water partition coefficient (Wildman–Crippen LogP) is 5.83. The van der Waals surface area contributed by atoms with E-state index in [0.29, 0.717) is 22.6 Å². The molecule has 0 atom stereocenters. The normalized spacial score (nSPS) is 28.9. The van der Waals surface area contributed by atoms with Gasteiger partial charge in [0.1, 0.15) is 0 Å². The van der Waals surface area contributed by atoms with E-state index in [-0.39, 0.29) is 11.3 Å². The van der Waals surface area contributed by atoms with Crippen molar-refractivity contribution in [1.29, 1.82) is 0 Å². The van der Waals surface area contributed by atoms with Gasteiger partial charge in [0.05, 0.1) is 0 Å². The van der Waals surface area contributed by atoms with Gasteiger partial charge in [0.25, 0.3) is 0 Å². The van der Waals surface area contributed by atoms with Crippen LogP contribution in [0.15, 0.2) is 0 Å². The standard InChI is InChI=1S/C31H55N3O2/c1-29(2,3)26-9-7-25(8-10-26)27(35)33-21-19-32(20-22-33)23-24-11-13-31(14-12-24)15-17-34(18-16-31)28(36)30(4,5)6/h24-26H,7-23H2,1-6H3. The SMILES string of the molecule is CC(C)(C)C(=O)N1CCC2(CCC(CN3CCN(C(=O)C4CCC(C(C)(C)C)CC4)CC3)CC2)CC1. The van der Waals surface area contributed by atoms with Gasteiger partial charge in [0.2, 0.25) is 11.8 Å². The Morgan fingerprint density at radius 3 is 1.75 bits per heavy atom. The van der Waals surface area contributed by atoms with Crippen molar-refractivity contribution >= 4 is 11.8 Å². The molecule has 4 aliphatic rings. The smallest absolute Gasteiger partial charge is 0.227 e. The van der Waals surface area contributed by atoms with Crippen LogP contribution in [-0.4, -0.2) is 72.3 Å². The van der Waals surface area contributed by atoms with E-state index in [1.807, 2.05) is 20.8 Å². The molecule has 5 nitrogen and oxygen atoms in total. The molecule has 5 heteroatoms. The second kappa shape index (κ2) is 10.9. The summed E-state index contributed by atoms with van der Waals surface area (Å²) in [4.78, 5) is 32.8. The van der Waals surface area contributed by atoms with Gasteiger partial charge in [-0.1, -0.05) is 41.5 Å². The Bertz CT molecular complexity index is 746. The van der Waals surface area contributed by atoms with Gasteiger partial charge in [-0.05, 0) is 86.9 Å². The van der Waals surface area contributed by atoms with Gasteiger partial charge < -0.3 is 9.80 Å². The maximum Gasteiger partial charge on any atom is 0.227 e. The molecule has 2 amide bonds. The Morgan fingerprint density at radius 1 is 0.694 bits per heavy atom. The van der Waals surface area contributed by atoms with Crippen molar-refractivity contribution in [2.45, 2.75) is 106 Å². The summed E-state index contributed by atoms with van der Waals surface area (Å²) in [5.74, 6) is 2.61.